The maximum Gasteiger partial charge on any atom is 0.148 e. The van der Waals surface area contributed by atoms with Gasteiger partial charge in [0, 0.05) is 22.8 Å². The molecular weight excluding hydrogens is 280 g/mol. The Hall–Kier alpha value is -0.390. The summed E-state index contributed by atoms with van der Waals surface area (Å²) >= 11 is 7.37. The van der Waals surface area contributed by atoms with E-state index in [0.29, 0.717) is 17.4 Å². The first-order chi connectivity index (χ1) is 7.97. The summed E-state index contributed by atoms with van der Waals surface area (Å²) < 4.78 is 27.2. The van der Waals surface area contributed by atoms with Crippen LogP contribution < -0.4 is 4.74 Å². The molecule has 0 aliphatic rings. The summed E-state index contributed by atoms with van der Waals surface area (Å²) in [5.74, 6) is 2.33. The van der Waals surface area contributed by atoms with Crippen molar-refractivity contribution >= 4 is 33.2 Å². The second-order valence-corrected chi connectivity index (χ2v) is 7.47. The van der Waals surface area contributed by atoms with Crippen LogP contribution in [0.1, 0.15) is 0 Å². The van der Waals surface area contributed by atoms with Crippen molar-refractivity contribution in [3.05, 3.63) is 29.3 Å². The van der Waals surface area contributed by atoms with Gasteiger partial charge in [0.2, 0.25) is 0 Å². The predicted octanol–water partition coefficient (Wildman–Crippen LogP) is 2.50. The van der Waals surface area contributed by atoms with Crippen LogP contribution >= 0.6 is 23.4 Å². The highest BCUT2D eigenvalue weighted by Gasteiger charge is 2.01. The number of benzene rings is 1. The van der Waals surface area contributed by atoms with Gasteiger partial charge in [-0.2, -0.15) is 11.8 Å². The van der Waals surface area contributed by atoms with Crippen LogP contribution in [0.3, 0.4) is 0 Å². The minimum Gasteiger partial charge on any atom is -0.493 e. The second kappa shape index (κ2) is 7.13. The molecule has 1 aromatic rings. The van der Waals surface area contributed by atoms with E-state index in [1.807, 2.05) is 12.1 Å². The molecule has 0 heterocycles. The van der Waals surface area contributed by atoms with Gasteiger partial charge in [-0.3, -0.25) is 0 Å². The Balaban J connectivity index is 2.13. The normalized spacial score (nSPS) is 11.4. The van der Waals surface area contributed by atoms with E-state index >= 15 is 0 Å². The number of rotatable bonds is 7. The topological polar surface area (TPSA) is 43.4 Å². The molecule has 0 saturated heterocycles. The first-order valence-corrected chi connectivity index (χ1v) is 8.70. The van der Waals surface area contributed by atoms with Crippen LogP contribution in [0.5, 0.6) is 5.75 Å². The van der Waals surface area contributed by atoms with Gasteiger partial charge in [-0.15, -0.1) is 0 Å². The van der Waals surface area contributed by atoms with Gasteiger partial charge in [-0.1, -0.05) is 17.7 Å². The molecule has 0 unspecified atom stereocenters. The molecule has 0 atom stereocenters. The highest BCUT2D eigenvalue weighted by molar-refractivity contribution is 8.00. The smallest absolute Gasteiger partial charge is 0.148 e. The summed E-state index contributed by atoms with van der Waals surface area (Å²) in [6, 6.07) is 7.21. The Morgan fingerprint density at radius 1 is 1.35 bits per heavy atom. The molecule has 0 amide bonds. The van der Waals surface area contributed by atoms with Crippen LogP contribution in [0.4, 0.5) is 0 Å². The molecule has 0 aromatic heterocycles. The van der Waals surface area contributed by atoms with Crippen LogP contribution in [0.15, 0.2) is 24.3 Å². The fourth-order valence-electron chi connectivity index (χ4n) is 1.09. The summed E-state index contributed by atoms with van der Waals surface area (Å²) in [6.45, 7) is 0.550. The van der Waals surface area contributed by atoms with Crippen LogP contribution in [0.25, 0.3) is 0 Å². The van der Waals surface area contributed by atoms with Crippen molar-refractivity contribution in [1.29, 1.82) is 0 Å². The predicted molar refractivity (Wildman–Crippen MR) is 74.0 cm³/mol. The number of sulfone groups is 1. The minimum atomic E-state index is -2.85. The molecule has 1 aromatic carbocycles. The molecule has 0 bridgehead atoms. The third kappa shape index (κ3) is 7.52. The minimum absolute atomic E-state index is 0.217. The number of ether oxygens (including phenoxy) is 1. The Bertz CT molecular complexity index is 446. The number of hydrogen-bond acceptors (Lipinski definition) is 4. The highest BCUT2D eigenvalue weighted by atomic mass is 35.5. The van der Waals surface area contributed by atoms with Crippen molar-refractivity contribution in [2.75, 3.05) is 30.1 Å². The van der Waals surface area contributed by atoms with Crippen molar-refractivity contribution in [1.82, 2.24) is 0 Å². The third-order valence-electron chi connectivity index (χ3n) is 1.89. The molecule has 96 valence electrons. The van der Waals surface area contributed by atoms with Gasteiger partial charge in [0.1, 0.15) is 15.6 Å². The van der Waals surface area contributed by atoms with Crippen molar-refractivity contribution < 1.29 is 13.2 Å². The van der Waals surface area contributed by atoms with Crippen LogP contribution in [-0.4, -0.2) is 38.5 Å². The Kier molecular flexibility index (Phi) is 6.16. The fourth-order valence-corrected chi connectivity index (χ4v) is 3.36. The van der Waals surface area contributed by atoms with Gasteiger partial charge in [0.25, 0.3) is 0 Å². The maximum absolute atomic E-state index is 10.9. The SMILES string of the molecule is CS(=O)(=O)CCSCCOc1cccc(Cl)c1. The van der Waals surface area contributed by atoms with Crippen LogP contribution in [0.2, 0.25) is 5.02 Å². The Morgan fingerprint density at radius 3 is 2.76 bits per heavy atom. The molecule has 0 spiro atoms. The molecule has 0 radical (unpaired) electrons. The standard InChI is InChI=1S/C11H15ClO3S2/c1-17(13,14)8-7-16-6-5-15-11-4-2-3-10(12)9-11/h2-4,9H,5-8H2,1H3. The molecule has 3 nitrogen and oxygen atoms in total. The van der Waals surface area contributed by atoms with Gasteiger partial charge >= 0.3 is 0 Å². The van der Waals surface area contributed by atoms with E-state index in [9.17, 15) is 8.42 Å². The average Bonchev–Trinajstić information content (AvgIpc) is 2.22. The summed E-state index contributed by atoms with van der Waals surface area (Å²) in [5, 5.41) is 0.646. The van der Waals surface area contributed by atoms with E-state index in [-0.39, 0.29) is 5.75 Å². The van der Waals surface area contributed by atoms with Crippen LogP contribution in [-0.2, 0) is 9.84 Å². The molecule has 17 heavy (non-hydrogen) atoms. The van der Waals surface area contributed by atoms with E-state index in [1.165, 1.54) is 6.26 Å². The van der Waals surface area contributed by atoms with Gasteiger partial charge in [-0.05, 0) is 18.2 Å². The number of thioether (sulfide) groups is 1. The molecule has 6 heteroatoms. The largest absolute Gasteiger partial charge is 0.493 e. The lowest BCUT2D eigenvalue weighted by molar-refractivity contribution is 0.344. The molecule has 0 saturated carbocycles. The Labute approximate surface area is 111 Å². The quantitative estimate of drug-likeness (QED) is 0.725. The summed E-state index contributed by atoms with van der Waals surface area (Å²) in [7, 11) is -2.85. The summed E-state index contributed by atoms with van der Waals surface area (Å²) in [5.41, 5.74) is 0. The van der Waals surface area contributed by atoms with Gasteiger partial charge in [-0.25, -0.2) is 8.42 Å². The van der Waals surface area contributed by atoms with Crippen molar-refractivity contribution in [3.8, 4) is 5.75 Å². The molecule has 0 fully saturated rings. The van der Waals surface area contributed by atoms with Crippen molar-refractivity contribution in [3.63, 3.8) is 0 Å². The third-order valence-corrected chi connectivity index (χ3v) is 4.28. The zero-order valence-corrected chi connectivity index (χ0v) is 11.9. The lowest BCUT2D eigenvalue weighted by Gasteiger charge is -2.05. The van der Waals surface area contributed by atoms with Crippen molar-refractivity contribution in [2.45, 2.75) is 0 Å². The van der Waals surface area contributed by atoms with Gasteiger partial charge < -0.3 is 4.74 Å². The average molecular weight is 295 g/mol. The first-order valence-electron chi connectivity index (χ1n) is 5.11. The molecule has 0 aliphatic heterocycles. The molecule has 0 aliphatic carbocycles. The van der Waals surface area contributed by atoms with E-state index in [2.05, 4.69) is 0 Å². The van der Waals surface area contributed by atoms with E-state index in [1.54, 1.807) is 23.9 Å². The first kappa shape index (κ1) is 14.7. The number of hydrogen-bond donors (Lipinski definition) is 0. The summed E-state index contributed by atoms with van der Waals surface area (Å²) in [6.07, 6.45) is 1.25. The zero-order chi connectivity index (χ0) is 12.7. The second-order valence-electron chi connectivity index (χ2n) is 3.55. The molecular formula is C11H15ClO3S2. The number of halogens is 1. The van der Waals surface area contributed by atoms with Gasteiger partial charge in [0.05, 0.1) is 12.4 Å². The Morgan fingerprint density at radius 2 is 2.12 bits per heavy atom. The highest BCUT2D eigenvalue weighted by Crippen LogP contribution is 2.17. The van der Waals surface area contributed by atoms with Crippen LogP contribution in [0, 0.1) is 0 Å². The van der Waals surface area contributed by atoms with Gasteiger partial charge in [0.15, 0.2) is 0 Å². The van der Waals surface area contributed by atoms with E-state index in [0.717, 1.165) is 11.5 Å². The molecule has 1 rings (SSSR count). The monoisotopic (exact) mass is 294 g/mol. The van der Waals surface area contributed by atoms with E-state index in [4.69, 9.17) is 16.3 Å². The molecule has 0 N–H and O–H groups in total. The van der Waals surface area contributed by atoms with Crippen molar-refractivity contribution in [2.24, 2.45) is 0 Å². The lowest BCUT2D eigenvalue weighted by atomic mass is 10.3. The zero-order valence-electron chi connectivity index (χ0n) is 9.56. The fraction of sp³-hybridized carbons (Fsp3) is 0.455. The summed E-state index contributed by atoms with van der Waals surface area (Å²) in [4.78, 5) is 0. The van der Waals surface area contributed by atoms with E-state index < -0.39 is 9.84 Å². The lowest BCUT2D eigenvalue weighted by Crippen LogP contribution is -2.07. The maximum atomic E-state index is 10.9.